The third-order valence-electron chi connectivity index (χ3n) is 6.24. The van der Waals surface area contributed by atoms with Crippen LogP contribution in [0.4, 0.5) is 5.69 Å². The molecule has 2 saturated heterocycles. The van der Waals surface area contributed by atoms with E-state index in [9.17, 15) is 9.59 Å². The SMILES string of the molecule is O=C(Nc1ccccc1Cc1ccccc1)[C@@H]1CS[C@]2(c3ccc(Br)cc3)CCC(=O)N12. The quantitative estimate of drug-likeness (QED) is 0.492. The zero-order valence-corrected chi connectivity index (χ0v) is 19.9. The van der Waals surface area contributed by atoms with Crippen LogP contribution in [0.1, 0.15) is 29.5 Å². The van der Waals surface area contributed by atoms with Gasteiger partial charge in [-0.15, -0.1) is 11.8 Å². The lowest BCUT2D eigenvalue weighted by Crippen LogP contribution is -2.48. The Balaban J connectivity index is 1.39. The van der Waals surface area contributed by atoms with Gasteiger partial charge in [0.2, 0.25) is 11.8 Å². The van der Waals surface area contributed by atoms with Crippen LogP contribution in [0, 0.1) is 0 Å². The molecule has 0 saturated carbocycles. The molecule has 0 unspecified atom stereocenters. The van der Waals surface area contributed by atoms with E-state index in [2.05, 4.69) is 45.5 Å². The van der Waals surface area contributed by atoms with Gasteiger partial charge < -0.3 is 10.2 Å². The Morgan fingerprint density at radius 2 is 1.75 bits per heavy atom. The van der Waals surface area contributed by atoms with Crippen LogP contribution in [0.15, 0.2) is 83.3 Å². The number of amides is 2. The average Bonchev–Trinajstić information content (AvgIpc) is 3.35. The predicted molar refractivity (Wildman–Crippen MR) is 132 cm³/mol. The number of para-hydroxylation sites is 1. The maximum atomic E-state index is 13.4. The molecular formula is C26H23BrN2O2S. The van der Waals surface area contributed by atoms with Crippen LogP contribution in [0.2, 0.25) is 0 Å². The van der Waals surface area contributed by atoms with E-state index < -0.39 is 10.9 Å². The van der Waals surface area contributed by atoms with Gasteiger partial charge in [0.05, 0.1) is 0 Å². The van der Waals surface area contributed by atoms with Crippen molar-refractivity contribution in [1.29, 1.82) is 0 Å². The number of anilines is 1. The summed E-state index contributed by atoms with van der Waals surface area (Å²) in [4.78, 5) is 27.7. The second kappa shape index (κ2) is 8.75. The van der Waals surface area contributed by atoms with E-state index in [4.69, 9.17) is 0 Å². The minimum Gasteiger partial charge on any atom is -0.324 e. The molecule has 0 radical (unpaired) electrons. The number of carbonyl (C=O) groups is 2. The Kier molecular flexibility index (Phi) is 5.82. The highest BCUT2D eigenvalue weighted by molar-refractivity contribution is 9.10. The van der Waals surface area contributed by atoms with Crippen molar-refractivity contribution < 1.29 is 9.59 Å². The van der Waals surface area contributed by atoms with Gasteiger partial charge in [-0.25, -0.2) is 0 Å². The summed E-state index contributed by atoms with van der Waals surface area (Å²) in [5, 5.41) is 3.13. The van der Waals surface area contributed by atoms with Crippen molar-refractivity contribution >= 4 is 45.2 Å². The van der Waals surface area contributed by atoms with Crippen molar-refractivity contribution in [2.75, 3.05) is 11.1 Å². The van der Waals surface area contributed by atoms with Crippen molar-refractivity contribution in [2.24, 2.45) is 0 Å². The van der Waals surface area contributed by atoms with Crippen LogP contribution in [-0.4, -0.2) is 28.5 Å². The number of nitrogens with one attached hydrogen (secondary N) is 1. The number of halogens is 1. The number of carbonyl (C=O) groups excluding carboxylic acids is 2. The average molecular weight is 507 g/mol. The van der Waals surface area contributed by atoms with Gasteiger partial charge in [0.25, 0.3) is 0 Å². The lowest BCUT2D eigenvalue weighted by Gasteiger charge is -2.34. The molecule has 32 heavy (non-hydrogen) atoms. The van der Waals surface area contributed by atoms with Crippen LogP contribution in [0.3, 0.4) is 0 Å². The molecular weight excluding hydrogens is 484 g/mol. The van der Waals surface area contributed by atoms with Gasteiger partial charge in [0.15, 0.2) is 0 Å². The Hall–Kier alpha value is -2.57. The molecule has 0 spiro atoms. The molecule has 0 aromatic heterocycles. The van der Waals surface area contributed by atoms with Crippen molar-refractivity contribution in [3.63, 3.8) is 0 Å². The Labute approximate surface area is 200 Å². The number of hydrogen-bond acceptors (Lipinski definition) is 3. The zero-order chi connectivity index (χ0) is 22.1. The normalized spacial score (nSPS) is 22.1. The van der Waals surface area contributed by atoms with Crippen molar-refractivity contribution in [1.82, 2.24) is 4.90 Å². The second-order valence-corrected chi connectivity index (χ2v) is 10.4. The van der Waals surface area contributed by atoms with Crippen molar-refractivity contribution in [3.8, 4) is 0 Å². The molecule has 2 aliphatic rings. The maximum Gasteiger partial charge on any atom is 0.248 e. The van der Waals surface area contributed by atoms with Gasteiger partial charge in [-0.05, 0) is 47.7 Å². The van der Waals surface area contributed by atoms with Gasteiger partial charge in [-0.3, -0.25) is 9.59 Å². The third-order valence-corrected chi connectivity index (χ3v) is 8.36. The summed E-state index contributed by atoms with van der Waals surface area (Å²) < 4.78 is 1.00. The molecule has 3 aromatic rings. The van der Waals surface area contributed by atoms with Crippen LogP contribution < -0.4 is 5.32 Å². The highest BCUT2D eigenvalue weighted by Gasteiger charge is 2.56. The minimum absolute atomic E-state index is 0.0515. The van der Waals surface area contributed by atoms with Crippen LogP contribution in [0.5, 0.6) is 0 Å². The summed E-state index contributed by atoms with van der Waals surface area (Å²) in [6, 6.07) is 25.7. The van der Waals surface area contributed by atoms with E-state index in [0.29, 0.717) is 12.2 Å². The van der Waals surface area contributed by atoms with E-state index in [1.54, 1.807) is 11.8 Å². The van der Waals surface area contributed by atoms with E-state index in [0.717, 1.165) is 34.1 Å². The van der Waals surface area contributed by atoms with Crippen molar-refractivity contribution in [3.05, 3.63) is 100 Å². The van der Waals surface area contributed by atoms with E-state index in [1.165, 1.54) is 5.56 Å². The fourth-order valence-electron chi connectivity index (χ4n) is 4.68. The van der Waals surface area contributed by atoms with E-state index in [-0.39, 0.29) is 11.8 Å². The van der Waals surface area contributed by atoms with Gasteiger partial charge in [-0.1, -0.05) is 76.6 Å². The molecule has 3 aromatic carbocycles. The fourth-order valence-corrected chi connectivity index (χ4v) is 6.59. The molecule has 162 valence electrons. The summed E-state index contributed by atoms with van der Waals surface area (Å²) in [5.74, 6) is 0.525. The molecule has 0 aliphatic carbocycles. The first-order valence-electron chi connectivity index (χ1n) is 10.7. The third kappa shape index (κ3) is 3.86. The lowest BCUT2D eigenvalue weighted by atomic mass is 10.0. The van der Waals surface area contributed by atoms with Gasteiger partial charge in [0.1, 0.15) is 10.9 Å². The smallest absolute Gasteiger partial charge is 0.248 e. The molecule has 2 atom stereocenters. The Morgan fingerprint density at radius 3 is 2.53 bits per heavy atom. The number of hydrogen-bond donors (Lipinski definition) is 1. The number of fused-ring (bicyclic) bond motifs is 1. The number of benzene rings is 3. The molecule has 4 nitrogen and oxygen atoms in total. The number of rotatable bonds is 5. The highest BCUT2D eigenvalue weighted by atomic mass is 79.9. The topological polar surface area (TPSA) is 49.4 Å². The first-order valence-corrected chi connectivity index (χ1v) is 12.5. The Bertz CT molecular complexity index is 1150. The molecule has 6 heteroatoms. The molecule has 2 heterocycles. The lowest BCUT2D eigenvalue weighted by molar-refractivity contribution is -0.136. The summed E-state index contributed by atoms with van der Waals surface area (Å²) in [6.07, 6.45) is 1.94. The summed E-state index contributed by atoms with van der Waals surface area (Å²) in [6.45, 7) is 0. The number of thioether (sulfide) groups is 1. The predicted octanol–water partition coefficient (Wildman–Crippen LogP) is 5.57. The summed E-state index contributed by atoms with van der Waals surface area (Å²) >= 11 is 5.19. The largest absolute Gasteiger partial charge is 0.324 e. The van der Waals surface area contributed by atoms with Gasteiger partial charge in [-0.2, -0.15) is 0 Å². The molecule has 0 bridgehead atoms. The summed E-state index contributed by atoms with van der Waals surface area (Å²) in [5.41, 5.74) is 4.13. The monoisotopic (exact) mass is 506 g/mol. The van der Waals surface area contributed by atoms with E-state index >= 15 is 0 Å². The van der Waals surface area contributed by atoms with E-state index in [1.807, 2.05) is 59.5 Å². The van der Waals surface area contributed by atoms with Crippen LogP contribution >= 0.6 is 27.7 Å². The minimum atomic E-state index is -0.483. The van der Waals surface area contributed by atoms with Crippen LogP contribution in [-0.2, 0) is 20.9 Å². The highest BCUT2D eigenvalue weighted by Crippen LogP contribution is 2.54. The zero-order valence-electron chi connectivity index (χ0n) is 17.5. The molecule has 2 amide bonds. The summed E-state index contributed by atoms with van der Waals surface area (Å²) in [7, 11) is 0. The second-order valence-electron chi connectivity index (χ2n) is 8.19. The maximum absolute atomic E-state index is 13.4. The first-order chi connectivity index (χ1) is 15.6. The fraction of sp³-hybridized carbons (Fsp3) is 0.231. The van der Waals surface area contributed by atoms with Crippen LogP contribution in [0.25, 0.3) is 0 Å². The molecule has 2 aliphatic heterocycles. The first kappa shape index (κ1) is 21.3. The molecule has 2 fully saturated rings. The van der Waals surface area contributed by atoms with Crippen molar-refractivity contribution in [2.45, 2.75) is 30.2 Å². The van der Waals surface area contributed by atoms with Gasteiger partial charge in [0, 0.05) is 22.3 Å². The Morgan fingerprint density at radius 1 is 1.03 bits per heavy atom. The van der Waals surface area contributed by atoms with Gasteiger partial charge >= 0.3 is 0 Å². The molecule has 1 N–H and O–H groups in total. The molecule has 5 rings (SSSR count). The standard InChI is InChI=1S/C26H23BrN2O2S/c27-21-12-10-20(11-13-21)26-15-14-24(30)29(26)23(17-32-26)25(31)28-22-9-5-4-8-19(22)16-18-6-2-1-3-7-18/h1-13,23H,14-17H2,(H,28,31)/t23-,26-/m0/s1. The number of nitrogens with zero attached hydrogens (tertiary/aromatic N) is 1.